The van der Waals surface area contributed by atoms with Crippen LogP contribution in [0.1, 0.15) is 61.0 Å². The third kappa shape index (κ3) is 3.39. The zero-order valence-electron chi connectivity index (χ0n) is 12.0. The van der Waals surface area contributed by atoms with Gasteiger partial charge in [0.2, 0.25) is 0 Å². The van der Waals surface area contributed by atoms with E-state index in [1.54, 1.807) is 0 Å². The first-order valence-electron chi connectivity index (χ1n) is 7.08. The van der Waals surface area contributed by atoms with Gasteiger partial charge in [-0.15, -0.1) is 11.3 Å². The Kier molecular flexibility index (Phi) is 4.59. The van der Waals surface area contributed by atoms with Crippen LogP contribution in [0.25, 0.3) is 0 Å². The van der Waals surface area contributed by atoms with Gasteiger partial charge in [0.15, 0.2) is 0 Å². The smallest absolute Gasteiger partial charge is 0.0517 e. The standard InChI is InChI=1S/C16H25BrS/c1-11-5-10-14(18-11)15(17)12-6-8-13(9-7-12)16(2,3)4/h5,10,12-13,15H,6-9H2,1-4H3. The summed E-state index contributed by atoms with van der Waals surface area (Å²) < 4.78 is 0. The lowest BCUT2D eigenvalue weighted by Gasteiger charge is -2.38. The quantitative estimate of drug-likeness (QED) is 0.555. The van der Waals surface area contributed by atoms with Gasteiger partial charge in [-0.2, -0.15) is 0 Å². The largest absolute Gasteiger partial charge is 0.145 e. The van der Waals surface area contributed by atoms with Crippen LogP contribution in [-0.2, 0) is 0 Å². The first kappa shape index (κ1) is 14.6. The van der Waals surface area contributed by atoms with Gasteiger partial charge in [-0.3, -0.25) is 0 Å². The molecule has 0 bridgehead atoms. The van der Waals surface area contributed by atoms with E-state index in [-0.39, 0.29) is 0 Å². The van der Waals surface area contributed by atoms with Crippen molar-refractivity contribution >= 4 is 27.3 Å². The highest BCUT2D eigenvalue weighted by atomic mass is 79.9. The fraction of sp³-hybridized carbons (Fsp3) is 0.750. The molecular weight excluding hydrogens is 304 g/mol. The fourth-order valence-corrected chi connectivity index (χ4v) is 5.02. The van der Waals surface area contributed by atoms with Crippen molar-refractivity contribution in [2.75, 3.05) is 0 Å². The number of aryl methyl sites for hydroxylation is 1. The maximum atomic E-state index is 3.94. The first-order chi connectivity index (χ1) is 8.38. The molecule has 1 aromatic rings. The molecular formula is C16H25BrS. The van der Waals surface area contributed by atoms with Gasteiger partial charge < -0.3 is 0 Å². The zero-order chi connectivity index (χ0) is 13.3. The highest BCUT2D eigenvalue weighted by Gasteiger charge is 2.32. The molecule has 0 amide bonds. The Hall–Kier alpha value is 0.180. The summed E-state index contributed by atoms with van der Waals surface area (Å²) >= 11 is 5.89. The van der Waals surface area contributed by atoms with Crippen molar-refractivity contribution in [2.45, 2.75) is 58.2 Å². The van der Waals surface area contributed by atoms with Crippen LogP contribution >= 0.6 is 27.3 Å². The summed E-state index contributed by atoms with van der Waals surface area (Å²) in [6, 6.07) is 4.55. The number of alkyl halides is 1. The van der Waals surface area contributed by atoms with E-state index in [1.165, 1.54) is 35.4 Å². The molecule has 0 N–H and O–H groups in total. The second-order valence-corrected chi connectivity index (χ2v) is 9.13. The Morgan fingerprint density at radius 2 is 1.78 bits per heavy atom. The molecule has 0 aromatic carbocycles. The molecule has 0 spiro atoms. The van der Waals surface area contributed by atoms with Gasteiger partial charge >= 0.3 is 0 Å². The Labute approximate surface area is 124 Å². The van der Waals surface area contributed by atoms with Crippen molar-refractivity contribution < 1.29 is 0 Å². The molecule has 0 saturated heterocycles. The van der Waals surface area contributed by atoms with Crippen LogP contribution in [0, 0.1) is 24.2 Å². The maximum Gasteiger partial charge on any atom is 0.0517 e. The number of hydrogen-bond acceptors (Lipinski definition) is 1. The summed E-state index contributed by atoms with van der Waals surface area (Å²) in [5, 5.41) is 0. The predicted molar refractivity (Wildman–Crippen MR) is 85.6 cm³/mol. The van der Waals surface area contributed by atoms with Crippen molar-refractivity contribution in [3.05, 3.63) is 21.9 Å². The average molecular weight is 329 g/mol. The van der Waals surface area contributed by atoms with Gasteiger partial charge in [0.1, 0.15) is 0 Å². The van der Waals surface area contributed by atoms with Gasteiger partial charge in [-0.25, -0.2) is 0 Å². The third-order valence-electron chi connectivity index (χ3n) is 4.44. The van der Waals surface area contributed by atoms with E-state index in [2.05, 4.69) is 55.8 Å². The highest BCUT2D eigenvalue weighted by molar-refractivity contribution is 9.09. The van der Waals surface area contributed by atoms with Crippen molar-refractivity contribution in [2.24, 2.45) is 17.3 Å². The molecule has 1 aromatic heterocycles. The second kappa shape index (κ2) is 5.66. The molecule has 2 heteroatoms. The van der Waals surface area contributed by atoms with Crippen LogP contribution < -0.4 is 0 Å². The van der Waals surface area contributed by atoms with Gasteiger partial charge in [-0.1, -0.05) is 36.7 Å². The van der Waals surface area contributed by atoms with Gasteiger partial charge in [0, 0.05) is 9.75 Å². The molecule has 1 aliphatic carbocycles. The summed E-state index contributed by atoms with van der Waals surface area (Å²) in [7, 11) is 0. The zero-order valence-corrected chi connectivity index (χ0v) is 14.4. The Morgan fingerprint density at radius 3 is 2.22 bits per heavy atom. The van der Waals surface area contributed by atoms with Gasteiger partial charge in [0.25, 0.3) is 0 Å². The molecule has 0 radical (unpaired) electrons. The summed E-state index contributed by atoms with van der Waals surface area (Å²) in [6.07, 6.45) is 5.57. The Balaban J connectivity index is 1.94. The van der Waals surface area contributed by atoms with Gasteiger partial charge in [0.05, 0.1) is 4.83 Å². The number of hydrogen-bond donors (Lipinski definition) is 0. The van der Waals surface area contributed by atoms with Crippen LogP contribution in [0.4, 0.5) is 0 Å². The molecule has 1 heterocycles. The second-order valence-electron chi connectivity index (χ2n) is 6.83. The minimum Gasteiger partial charge on any atom is -0.145 e. The highest BCUT2D eigenvalue weighted by Crippen LogP contribution is 2.47. The SMILES string of the molecule is Cc1ccc(C(Br)C2CCC(C(C)(C)C)CC2)s1. The molecule has 1 fully saturated rings. The van der Waals surface area contributed by atoms with E-state index >= 15 is 0 Å². The van der Waals surface area contributed by atoms with Crippen LogP contribution in [0.5, 0.6) is 0 Å². The number of rotatable bonds is 2. The minimum absolute atomic E-state index is 0.492. The third-order valence-corrected chi connectivity index (χ3v) is 7.07. The number of halogens is 1. The van der Waals surface area contributed by atoms with Crippen LogP contribution in [0.3, 0.4) is 0 Å². The predicted octanol–water partition coefficient (Wildman–Crippen LogP) is 6.35. The van der Waals surface area contributed by atoms with Crippen molar-refractivity contribution in [1.82, 2.24) is 0 Å². The Morgan fingerprint density at radius 1 is 1.17 bits per heavy atom. The molecule has 0 nitrogen and oxygen atoms in total. The maximum absolute atomic E-state index is 3.94. The lowest BCUT2D eigenvalue weighted by atomic mass is 9.69. The van der Waals surface area contributed by atoms with E-state index < -0.39 is 0 Å². The lowest BCUT2D eigenvalue weighted by Crippen LogP contribution is -2.26. The Bertz CT molecular complexity index is 380. The molecule has 1 atom stereocenters. The van der Waals surface area contributed by atoms with Crippen LogP contribution in [0.2, 0.25) is 0 Å². The summed E-state index contributed by atoms with van der Waals surface area (Å²) in [6.45, 7) is 9.38. The molecule has 1 unspecified atom stereocenters. The van der Waals surface area contributed by atoms with E-state index in [0.29, 0.717) is 10.2 Å². The first-order valence-corrected chi connectivity index (χ1v) is 8.81. The van der Waals surface area contributed by atoms with E-state index in [1.807, 2.05) is 11.3 Å². The molecule has 2 rings (SSSR count). The molecule has 102 valence electrons. The normalized spacial score (nSPS) is 27.2. The van der Waals surface area contributed by atoms with Crippen molar-refractivity contribution in [3.63, 3.8) is 0 Å². The summed E-state index contributed by atoms with van der Waals surface area (Å²) in [4.78, 5) is 3.53. The van der Waals surface area contributed by atoms with Crippen LogP contribution in [-0.4, -0.2) is 0 Å². The van der Waals surface area contributed by atoms with Crippen LogP contribution in [0.15, 0.2) is 12.1 Å². The molecule has 1 saturated carbocycles. The minimum atomic E-state index is 0.492. The lowest BCUT2D eigenvalue weighted by molar-refractivity contribution is 0.150. The van der Waals surface area contributed by atoms with E-state index in [0.717, 1.165) is 11.8 Å². The van der Waals surface area contributed by atoms with E-state index in [4.69, 9.17) is 0 Å². The topological polar surface area (TPSA) is 0 Å². The fourth-order valence-electron chi connectivity index (χ4n) is 3.11. The van der Waals surface area contributed by atoms with E-state index in [9.17, 15) is 0 Å². The number of thiophene rings is 1. The summed E-state index contributed by atoms with van der Waals surface area (Å²) in [5.74, 6) is 1.75. The van der Waals surface area contributed by atoms with Crippen molar-refractivity contribution in [3.8, 4) is 0 Å². The molecule has 18 heavy (non-hydrogen) atoms. The van der Waals surface area contributed by atoms with Gasteiger partial charge in [-0.05, 0) is 62.0 Å². The summed E-state index contributed by atoms with van der Waals surface area (Å²) in [5.41, 5.74) is 0.492. The average Bonchev–Trinajstić information content (AvgIpc) is 2.74. The molecule has 0 aliphatic heterocycles. The monoisotopic (exact) mass is 328 g/mol. The van der Waals surface area contributed by atoms with Crippen molar-refractivity contribution in [1.29, 1.82) is 0 Å². The molecule has 1 aliphatic rings.